The summed E-state index contributed by atoms with van der Waals surface area (Å²) in [4.78, 5) is 3.75. The van der Waals surface area contributed by atoms with E-state index in [-0.39, 0.29) is 0 Å². The Bertz CT molecular complexity index is 2070. The normalized spacial score (nSPS) is 12.3. The Balaban J connectivity index is 1.33. The molecule has 0 amide bonds. The average molecular weight is 557 g/mol. The standard InChI is InChI=1S/C39H28N2S/c1-3-9-27(10-4-1)28-15-17-31(18-16-28)41(32-19-20-35-37-26-40-22-21-38(37)42-39(35)25-32)33-23-30-13-7-8-14-34(30)36(24-33)29-11-5-2-6-12-29/h1-25,40H,26H2. The summed E-state index contributed by atoms with van der Waals surface area (Å²) in [5.74, 6) is 0. The molecule has 2 heterocycles. The molecule has 1 aliphatic heterocycles. The van der Waals surface area contributed by atoms with Crippen LogP contribution in [0.25, 0.3) is 49.2 Å². The Hall–Kier alpha value is -5.12. The van der Waals surface area contributed by atoms with E-state index >= 15 is 0 Å². The monoisotopic (exact) mass is 556 g/mol. The zero-order valence-electron chi connectivity index (χ0n) is 23.0. The maximum Gasteiger partial charge on any atom is 0.0476 e. The van der Waals surface area contributed by atoms with Gasteiger partial charge in [0, 0.05) is 33.2 Å². The first kappa shape index (κ1) is 24.7. The van der Waals surface area contributed by atoms with E-state index in [4.69, 9.17) is 0 Å². The second-order valence-electron chi connectivity index (χ2n) is 10.7. The van der Waals surface area contributed by atoms with Crippen LogP contribution < -0.4 is 10.2 Å². The van der Waals surface area contributed by atoms with Crippen molar-refractivity contribution in [2.24, 2.45) is 0 Å². The number of nitrogens with one attached hydrogen (secondary N) is 1. The fourth-order valence-electron chi connectivity index (χ4n) is 6.07. The molecule has 3 heteroatoms. The van der Waals surface area contributed by atoms with Crippen LogP contribution in [0.15, 0.2) is 146 Å². The first-order valence-corrected chi connectivity index (χ1v) is 15.1. The van der Waals surface area contributed by atoms with Crippen molar-refractivity contribution in [3.8, 4) is 22.3 Å². The second-order valence-corrected chi connectivity index (χ2v) is 11.8. The van der Waals surface area contributed by atoms with Crippen LogP contribution in [0.4, 0.5) is 17.1 Å². The van der Waals surface area contributed by atoms with Crippen LogP contribution in [0.3, 0.4) is 0 Å². The van der Waals surface area contributed by atoms with E-state index < -0.39 is 0 Å². The minimum Gasteiger partial charge on any atom is -0.387 e. The Kier molecular flexibility index (Phi) is 6.09. The molecule has 42 heavy (non-hydrogen) atoms. The van der Waals surface area contributed by atoms with Crippen molar-refractivity contribution in [2.45, 2.75) is 6.54 Å². The lowest BCUT2D eigenvalue weighted by atomic mass is 9.96. The number of hydrogen-bond donors (Lipinski definition) is 1. The molecular weight excluding hydrogens is 529 g/mol. The van der Waals surface area contributed by atoms with E-state index in [9.17, 15) is 0 Å². The molecular formula is C39H28N2S. The molecule has 6 aromatic carbocycles. The molecule has 1 aromatic heterocycles. The highest BCUT2D eigenvalue weighted by atomic mass is 32.1. The minimum atomic E-state index is 0.876. The van der Waals surface area contributed by atoms with E-state index in [1.807, 2.05) is 11.3 Å². The highest BCUT2D eigenvalue weighted by Gasteiger charge is 2.19. The number of benzene rings is 6. The predicted octanol–water partition coefficient (Wildman–Crippen LogP) is 10.9. The summed E-state index contributed by atoms with van der Waals surface area (Å²) in [6, 6.07) is 50.6. The van der Waals surface area contributed by atoms with Gasteiger partial charge in [-0.05, 0) is 92.7 Å². The number of hydrogen-bond acceptors (Lipinski definition) is 3. The minimum absolute atomic E-state index is 0.876. The SMILES string of the molecule is C1=Cc2sc3cc(N(c4ccc(-c5ccccc5)cc4)c4cc(-c5ccccc5)c5ccccc5c4)ccc3c2CN1. The van der Waals surface area contributed by atoms with Crippen molar-refractivity contribution in [1.29, 1.82) is 0 Å². The summed E-state index contributed by atoms with van der Waals surface area (Å²) in [6.07, 6.45) is 4.25. The molecule has 0 saturated carbocycles. The summed E-state index contributed by atoms with van der Waals surface area (Å²) < 4.78 is 1.31. The first-order chi connectivity index (χ1) is 20.8. The van der Waals surface area contributed by atoms with Crippen LogP contribution in [0.5, 0.6) is 0 Å². The Labute approximate surface area is 249 Å². The molecule has 0 saturated heterocycles. The summed E-state index contributed by atoms with van der Waals surface area (Å²) >= 11 is 1.87. The van der Waals surface area contributed by atoms with Gasteiger partial charge < -0.3 is 10.2 Å². The highest BCUT2D eigenvalue weighted by Crippen LogP contribution is 2.43. The molecule has 8 rings (SSSR count). The molecule has 0 bridgehead atoms. The maximum atomic E-state index is 3.38. The average Bonchev–Trinajstić information content (AvgIpc) is 3.44. The summed E-state index contributed by atoms with van der Waals surface area (Å²) in [5, 5.41) is 7.20. The Morgan fingerprint density at radius 1 is 0.548 bits per heavy atom. The van der Waals surface area contributed by atoms with E-state index in [2.05, 4.69) is 162 Å². The van der Waals surface area contributed by atoms with Gasteiger partial charge in [-0.25, -0.2) is 0 Å². The number of nitrogens with zero attached hydrogens (tertiary/aromatic N) is 1. The molecule has 1 N–H and O–H groups in total. The first-order valence-electron chi connectivity index (χ1n) is 14.3. The van der Waals surface area contributed by atoms with Crippen LogP contribution in [-0.4, -0.2) is 0 Å². The topological polar surface area (TPSA) is 15.3 Å². The van der Waals surface area contributed by atoms with Crippen molar-refractivity contribution in [3.63, 3.8) is 0 Å². The van der Waals surface area contributed by atoms with Crippen LogP contribution in [0.2, 0.25) is 0 Å². The molecule has 0 spiro atoms. The van der Waals surface area contributed by atoms with Crippen molar-refractivity contribution < 1.29 is 0 Å². The van der Waals surface area contributed by atoms with Gasteiger partial charge in [0.1, 0.15) is 0 Å². The zero-order valence-corrected chi connectivity index (χ0v) is 23.8. The van der Waals surface area contributed by atoms with Crippen LogP contribution in [0, 0.1) is 0 Å². The summed E-state index contributed by atoms with van der Waals surface area (Å²) in [7, 11) is 0. The predicted molar refractivity (Wildman–Crippen MR) is 181 cm³/mol. The van der Waals surface area contributed by atoms with Gasteiger partial charge in [-0.15, -0.1) is 11.3 Å². The molecule has 2 nitrogen and oxygen atoms in total. The van der Waals surface area contributed by atoms with Crippen LogP contribution >= 0.6 is 11.3 Å². The van der Waals surface area contributed by atoms with E-state index in [1.165, 1.54) is 53.6 Å². The van der Waals surface area contributed by atoms with Gasteiger partial charge >= 0.3 is 0 Å². The number of thiophene rings is 1. The maximum absolute atomic E-state index is 3.38. The lowest BCUT2D eigenvalue weighted by Crippen LogP contribution is -2.10. The van der Waals surface area contributed by atoms with E-state index in [1.54, 1.807) is 0 Å². The van der Waals surface area contributed by atoms with Gasteiger partial charge in [-0.3, -0.25) is 0 Å². The smallest absolute Gasteiger partial charge is 0.0476 e. The summed E-state index contributed by atoms with van der Waals surface area (Å²) in [5.41, 5.74) is 9.70. The van der Waals surface area contributed by atoms with Crippen LogP contribution in [0.1, 0.15) is 10.4 Å². The molecule has 7 aromatic rings. The van der Waals surface area contributed by atoms with Gasteiger partial charge in [0.05, 0.1) is 0 Å². The van der Waals surface area contributed by atoms with Gasteiger partial charge in [0.25, 0.3) is 0 Å². The lowest BCUT2D eigenvalue weighted by Gasteiger charge is -2.27. The molecule has 0 radical (unpaired) electrons. The Morgan fingerprint density at radius 2 is 1.24 bits per heavy atom. The van der Waals surface area contributed by atoms with Gasteiger partial charge in [-0.1, -0.05) is 103 Å². The molecule has 0 aliphatic carbocycles. The second kappa shape index (κ2) is 10.4. The third-order valence-corrected chi connectivity index (χ3v) is 9.28. The third kappa shape index (κ3) is 4.36. The highest BCUT2D eigenvalue weighted by molar-refractivity contribution is 7.20. The molecule has 0 fully saturated rings. The number of rotatable bonds is 5. The number of anilines is 3. The zero-order chi connectivity index (χ0) is 27.9. The fourth-order valence-corrected chi connectivity index (χ4v) is 7.23. The van der Waals surface area contributed by atoms with E-state index in [0.717, 1.165) is 23.6 Å². The fraction of sp³-hybridized carbons (Fsp3) is 0.0256. The largest absolute Gasteiger partial charge is 0.387 e. The van der Waals surface area contributed by atoms with Crippen LogP contribution in [-0.2, 0) is 6.54 Å². The Morgan fingerprint density at radius 3 is 2.05 bits per heavy atom. The quantitative estimate of drug-likeness (QED) is 0.227. The van der Waals surface area contributed by atoms with Crippen molar-refractivity contribution >= 4 is 55.3 Å². The summed E-state index contributed by atoms with van der Waals surface area (Å²) in [6.45, 7) is 0.876. The van der Waals surface area contributed by atoms with Gasteiger partial charge in [0.2, 0.25) is 0 Å². The van der Waals surface area contributed by atoms with Gasteiger partial charge in [-0.2, -0.15) is 0 Å². The number of fused-ring (bicyclic) bond motifs is 4. The third-order valence-electron chi connectivity index (χ3n) is 8.12. The molecule has 200 valence electrons. The van der Waals surface area contributed by atoms with Crippen molar-refractivity contribution in [2.75, 3.05) is 4.90 Å². The molecule has 1 aliphatic rings. The lowest BCUT2D eigenvalue weighted by molar-refractivity contribution is 0.871. The van der Waals surface area contributed by atoms with Crippen molar-refractivity contribution in [3.05, 3.63) is 156 Å². The van der Waals surface area contributed by atoms with E-state index in [0.29, 0.717) is 0 Å². The van der Waals surface area contributed by atoms with Crippen molar-refractivity contribution in [1.82, 2.24) is 5.32 Å². The van der Waals surface area contributed by atoms with Gasteiger partial charge in [0.15, 0.2) is 0 Å². The molecule has 0 atom stereocenters. The molecule has 0 unspecified atom stereocenters.